The minimum atomic E-state index is 0.709. The first-order valence-electron chi connectivity index (χ1n) is 5.48. The van der Waals surface area contributed by atoms with E-state index in [0.29, 0.717) is 6.54 Å². The third kappa shape index (κ3) is 2.22. The maximum Gasteiger partial charge on any atom is 0.155 e. The van der Waals surface area contributed by atoms with E-state index in [2.05, 4.69) is 20.4 Å². The largest absolute Gasteiger partial charge is 0.472 e. The molecular formula is C12H11N5O. The molecule has 3 aromatic rings. The van der Waals surface area contributed by atoms with Crippen molar-refractivity contribution in [2.45, 2.75) is 6.54 Å². The van der Waals surface area contributed by atoms with E-state index in [-0.39, 0.29) is 0 Å². The van der Waals surface area contributed by atoms with Crippen molar-refractivity contribution in [3.63, 3.8) is 0 Å². The highest BCUT2D eigenvalue weighted by atomic mass is 16.3. The van der Waals surface area contributed by atoms with Gasteiger partial charge in [0.1, 0.15) is 12.7 Å². The van der Waals surface area contributed by atoms with E-state index in [0.717, 1.165) is 17.1 Å². The molecule has 6 nitrogen and oxygen atoms in total. The third-order valence-electron chi connectivity index (χ3n) is 2.48. The lowest BCUT2D eigenvalue weighted by Crippen LogP contribution is -2.01. The summed E-state index contributed by atoms with van der Waals surface area (Å²) in [6, 6.07) is 5.75. The van der Waals surface area contributed by atoms with E-state index < -0.39 is 0 Å². The van der Waals surface area contributed by atoms with Crippen LogP contribution in [0.3, 0.4) is 0 Å². The Morgan fingerprint density at radius 3 is 2.94 bits per heavy atom. The Labute approximate surface area is 103 Å². The summed E-state index contributed by atoms with van der Waals surface area (Å²) in [6.07, 6.45) is 8.22. The van der Waals surface area contributed by atoms with E-state index in [9.17, 15) is 0 Å². The number of anilines is 1. The Bertz CT molecular complexity index is 586. The average Bonchev–Trinajstić information content (AvgIpc) is 3.10. The van der Waals surface area contributed by atoms with Crippen molar-refractivity contribution in [1.82, 2.24) is 19.7 Å². The van der Waals surface area contributed by atoms with Crippen LogP contribution in [0.15, 0.2) is 54.0 Å². The van der Waals surface area contributed by atoms with Crippen LogP contribution in [0.5, 0.6) is 0 Å². The molecule has 18 heavy (non-hydrogen) atoms. The number of furan rings is 1. The Morgan fingerprint density at radius 2 is 2.28 bits per heavy atom. The topological polar surface area (TPSA) is 68.8 Å². The van der Waals surface area contributed by atoms with E-state index in [4.69, 9.17) is 4.42 Å². The smallest absolute Gasteiger partial charge is 0.155 e. The van der Waals surface area contributed by atoms with Crippen LogP contribution in [0.25, 0.3) is 5.82 Å². The van der Waals surface area contributed by atoms with Crippen molar-refractivity contribution >= 4 is 5.69 Å². The quantitative estimate of drug-likeness (QED) is 0.755. The molecule has 0 aliphatic carbocycles. The van der Waals surface area contributed by atoms with Crippen molar-refractivity contribution < 1.29 is 4.42 Å². The first-order chi connectivity index (χ1) is 8.92. The zero-order valence-corrected chi connectivity index (χ0v) is 9.52. The molecule has 0 fully saturated rings. The molecule has 90 valence electrons. The number of nitrogens with one attached hydrogen (secondary N) is 1. The zero-order chi connectivity index (χ0) is 12.2. The summed E-state index contributed by atoms with van der Waals surface area (Å²) in [4.78, 5) is 8.17. The number of rotatable bonds is 4. The van der Waals surface area contributed by atoms with Gasteiger partial charge in [-0.05, 0) is 18.2 Å². The molecule has 3 heterocycles. The average molecular weight is 241 g/mol. The summed E-state index contributed by atoms with van der Waals surface area (Å²) < 4.78 is 6.61. The van der Waals surface area contributed by atoms with Gasteiger partial charge in [-0.2, -0.15) is 5.10 Å². The van der Waals surface area contributed by atoms with Gasteiger partial charge in [0.15, 0.2) is 5.82 Å². The lowest BCUT2D eigenvalue weighted by atomic mass is 10.3. The molecule has 1 N–H and O–H groups in total. The Balaban J connectivity index is 1.68. The summed E-state index contributed by atoms with van der Waals surface area (Å²) in [5.74, 6) is 0.737. The highest BCUT2D eigenvalue weighted by Crippen LogP contribution is 2.10. The third-order valence-corrected chi connectivity index (χ3v) is 2.48. The van der Waals surface area contributed by atoms with Crippen LogP contribution < -0.4 is 5.32 Å². The monoisotopic (exact) mass is 241 g/mol. The van der Waals surface area contributed by atoms with E-state index in [1.807, 2.05) is 18.2 Å². The van der Waals surface area contributed by atoms with E-state index in [1.165, 1.54) is 6.33 Å². The maximum absolute atomic E-state index is 5.00. The van der Waals surface area contributed by atoms with Gasteiger partial charge >= 0.3 is 0 Å². The highest BCUT2D eigenvalue weighted by Gasteiger charge is 1.99. The molecule has 0 radical (unpaired) electrons. The summed E-state index contributed by atoms with van der Waals surface area (Å²) in [7, 11) is 0. The van der Waals surface area contributed by atoms with Gasteiger partial charge in [0.05, 0.1) is 24.4 Å². The Kier molecular flexibility index (Phi) is 2.75. The van der Waals surface area contributed by atoms with Crippen LogP contribution in [-0.4, -0.2) is 19.7 Å². The van der Waals surface area contributed by atoms with Gasteiger partial charge in [-0.15, -0.1) is 0 Å². The second kappa shape index (κ2) is 4.70. The fourth-order valence-electron chi connectivity index (χ4n) is 1.55. The molecule has 0 amide bonds. The molecule has 0 bridgehead atoms. The summed E-state index contributed by atoms with van der Waals surface area (Å²) in [5.41, 5.74) is 2.04. The second-order valence-electron chi connectivity index (χ2n) is 3.73. The molecule has 0 saturated heterocycles. The highest BCUT2D eigenvalue weighted by molar-refractivity contribution is 5.43. The summed E-state index contributed by atoms with van der Waals surface area (Å²) >= 11 is 0. The number of hydrogen-bond acceptors (Lipinski definition) is 5. The predicted molar refractivity (Wildman–Crippen MR) is 65.2 cm³/mol. The summed E-state index contributed by atoms with van der Waals surface area (Å²) in [6.45, 7) is 0.709. The molecular weight excluding hydrogens is 230 g/mol. The van der Waals surface area contributed by atoms with Crippen LogP contribution in [0.2, 0.25) is 0 Å². The van der Waals surface area contributed by atoms with Gasteiger partial charge in [-0.1, -0.05) is 0 Å². The maximum atomic E-state index is 5.00. The summed E-state index contributed by atoms with van der Waals surface area (Å²) in [5, 5.41) is 7.26. The molecule has 0 spiro atoms. The van der Waals surface area contributed by atoms with Crippen LogP contribution in [0, 0.1) is 0 Å². The molecule has 0 unspecified atom stereocenters. The fourth-order valence-corrected chi connectivity index (χ4v) is 1.55. The lowest BCUT2D eigenvalue weighted by molar-refractivity contribution is 0.564. The van der Waals surface area contributed by atoms with Crippen molar-refractivity contribution in [2.75, 3.05) is 5.32 Å². The first-order valence-corrected chi connectivity index (χ1v) is 5.48. The van der Waals surface area contributed by atoms with Crippen LogP contribution >= 0.6 is 0 Å². The second-order valence-corrected chi connectivity index (χ2v) is 3.73. The van der Waals surface area contributed by atoms with Gasteiger partial charge in [0, 0.05) is 12.1 Å². The minimum Gasteiger partial charge on any atom is -0.472 e. The fraction of sp³-hybridized carbons (Fsp3) is 0.0833. The van der Waals surface area contributed by atoms with Crippen molar-refractivity contribution in [3.05, 3.63) is 55.1 Å². The van der Waals surface area contributed by atoms with Gasteiger partial charge in [-0.25, -0.2) is 14.6 Å². The number of nitrogens with zero attached hydrogens (tertiary/aromatic N) is 4. The predicted octanol–water partition coefficient (Wildman–Crippen LogP) is 1.87. The normalized spacial score (nSPS) is 10.4. The molecule has 3 aromatic heterocycles. The molecule has 0 saturated carbocycles. The first kappa shape index (κ1) is 10.5. The standard InChI is InChI=1S/C12H11N5O/c1-2-12(17-9-13-8-16-17)15-6-11(1)14-5-10-3-4-18-7-10/h1-4,6-9,14H,5H2. The molecule has 3 rings (SSSR count). The molecule has 6 heteroatoms. The number of pyridine rings is 1. The lowest BCUT2D eigenvalue weighted by Gasteiger charge is -2.05. The van der Waals surface area contributed by atoms with Crippen molar-refractivity contribution in [1.29, 1.82) is 0 Å². The van der Waals surface area contributed by atoms with Crippen LogP contribution in [0.4, 0.5) is 5.69 Å². The number of hydrogen-bond donors (Lipinski definition) is 1. The van der Waals surface area contributed by atoms with Crippen molar-refractivity contribution in [3.8, 4) is 5.82 Å². The van der Waals surface area contributed by atoms with Crippen LogP contribution in [0.1, 0.15) is 5.56 Å². The molecule has 0 aromatic carbocycles. The van der Waals surface area contributed by atoms with E-state index in [1.54, 1.807) is 29.7 Å². The molecule has 0 aliphatic heterocycles. The van der Waals surface area contributed by atoms with Gasteiger partial charge in [0.25, 0.3) is 0 Å². The molecule has 0 atom stereocenters. The minimum absolute atomic E-state index is 0.709. The van der Waals surface area contributed by atoms with Gasteiger partial charge in [-0.3, -0.25) is 0 Å². The Morgan fingerprint density at radius 1 is 1.28 bits per heavy atom. The zero-order valence-electron chi connectivity index (χ0n) is 9.52. The van der Waals surface area contributed by atoms with Gasteiger partial charge in [0.2, 0.25) is 0 Å². The Hall–Kier alpha value is -2.63. The number of aromatic nitrogens is 4. The van der Waals surface area contributed by atoms with Crippen LogP contribution in [-0.2, 0) is 6.54 Å². The van der Waals surface area contributed by atoms with Gasteiger partial charge < -0.3 is 9.73 Å². The molecule has 0 aliphatic rings. The van der Waals surface area contributed by atoms with Crippen molar-refractivity contribution in [2.24, 2.45) is 0 Å². The van der Waals surface area contributed by atoms with E-state index >= 15 is 0 Å². The SMILES string of the molecule is c1ncn(-c2ccc(NCc3ccoc3)cn2)n1.